The van der Waals surface area contributed by atoms with Crippen LogP contribution in [0.25, 0.3) is 0 Å². The van der Waals surface area contributed by atoms with Crippen LogP contribution in [0.2, 0.25) is 0 Å². The average molecular weight is 365 g/mol. The Morgan fingerprint density at radius 2 is 2.05 bits per heavy atom. The molecule has 6 heteroatoms. The number of halogens is 1. The van der Waals surface area contributed by atoms with Crippen LogP contribution in [-0.2, 0) is 17.8 Å². The summed E-state index contributed by atoms with van der Waals surface area (Å²) >= 11 is 3.38. The fourth-order valence-corrected chi connectivity index (χ4v) is 2.32. The number of hydrogen-bond donors (Lipinski definition) is 2. The van der Waals surface area contributed by atoms with E-state index in [0.717, 1.165) is 23.1 Å². The largest absolute Gasteiger partial charge is 0.325 e. The summed E-state index contributed by atoms with van der Waals surface area (Å²) in [5.74, 6) is -0.0307. The van der Waals surface area contributed by atoms with Crippen molar-refractivity contribution < 1.29 is 4.79 Å². The van der Waals surface area contributed by atoms with Crippen molar-refractivity contribution in [3.8, 4) is 0 Å². The van der Waals surface area contributed by atoms with Crippen LogP contribution < -0.4 is 11.1 Å². The first-order valence-electron chi connectivity index (χ1n) is 7.29. The van der Waals surface area contributed by atoms with Crippen LogP contribution in [0, 0.1) is 5.92 Å². The Kier molecular flexibility index (Phi) is 5.74. The number of aromatic nitrogens is 2. The molecule has 0 aliphatic rings. The number of nitrogens with one attached hydrogen (secondary N) is 1. The van der Waals surface area contributed by atoms with Gasteiger partial charge in [0.1, 0.15) is 0 Å². The summed E-state index contributed by atoms with van der Waals surface area (Å²) in [6.07, 6.45) is 4.60. The standard InChI is InChI=1S/C16H21BrN4O/c1-11(2)15(18)16(22)20-14-5-3-12(4-6-14)7-8-21-10-13(17)9-19-21/h3-6,9-11,15H,7-8,18H2,1-2H3,(H,20,22)/t15-/m0/s1. The Labute approximate surface area is 139 Å². The predicted octanol–water partition coefficient (Wildman–Crippen LogP) is 2.81. The zero-order valence-corrected chi connectivity index (χ0v) is 14.4. The van der Waals surface area contributed by atoms with E-state index in [0.29, 0.717) is 0 Å². The van der Waals surface area contributed by atoms with Crippen LogP contribution in [0.5, 0.6) is 0 Å². The Hall–Kier alpha value is -1.66. The zero-order chi connectivity index (χ0) is 16.1. The van der Waals surface area contributed by atoms with Gasteiger partial charge in [-0.25, -0.2) is 0 Å². The van der Waals surface area contributed by atoms with Crippen molar-refractivity contribution >= 4 is 27.5 Å². The molecular weight excluding hydrogens is 344 g/mol. The highest BCUT2D eigenvalue weighted by atomic mass is 79.9. The van der Waals surface area contributed by atoms with Gasteiger partial charge in [0.25, 0.3) is 0 Å². The van der Waals surface area contributed by atoms with E-state index in [1.54, 1.807) is 6.20 Å². The molecular formula is C16H21BrN4O. The number of hydrogen-bond acceptors (Lipinski definition) is 3. The summed E-state index contributed by atoms with van der Waals surface area (Å²) in [7, 11) is 0. The maximum atomic E-state index is 11.9. The number of carbonyl (C=O) groups excluding carboxylic acids is 1. The topological polar surface area (TPSA) is 72.9 Å². The minimum Gasteiger partial charge on any atom is -0.325 e. The van der Waals surface area contributed by atoms with E-state index in [2.05, 4.69) is 26.3 Å². The predicted molar refractivity (Wildman–Crippen MR) is 91.5 cm³/mol. The summed E-state index contributed by atoms with van der Waals surface area (Å²) in [5, 5.41) is 7.06. The number of nitrogens with zero attached hydrogens (tertiary/aromatic N) is 2. The van der Waals surface area contributed by atoms with Crippen LogP contribution >= 0.6 is 15.9 Å². The minimum atomic E-state index is -0.488. The van der Waals surface area contributed by atoms with E-state index in [4.69, 9.17) is 5.73 Å². The lowest BCUT2D eigenvalue weighted by Crippen LogP contribution is -2.39. The fourth-order valence-electron chi connectivity index (χ4n) is 1.99. The molecule has 22 heavy (non-hydrogen) atoms. The van der Waals surface area contributed by atoms with Gasteiger partial charge in [-0.05, 0) is 46.0 Å². The molecule has 0 spiro atoms. The molecule has 1 heterocycles. The summed E-state index contributed by atoms with van der Waals surface area (Å²) < 4.78 is 2.87. The number of aryl methyl sites for hydroxylation is 2. The van der Waals surface area contributed by atoms with Gasteiger partial charge in [0.15, 0.2) is 0 Å². The van der Waals surface area contributed by atoms with E-state index >= 15 is 0 Å². The molecule has 0 saturated carbocycles. The van der Waals surface area contributed by atoms with Gasteiger partial charge in [0.2, 0.25) is 5.91 Å². The van der Waals surface area contributed by atoms with Crippen molar-refractivity contribution in [1.29, 1.82) is 0 Å². The molecule has 0 aliphatic carbocycles. The molecule has 118 valence electrons. The van der Waals surface area contributed by atoms with E-state index in [1.807, 2.05) is 49.0 Å². The second-order valence-corrected chi connectivity index (χ2v) is 6.54. The van der Waals surface area contributed by atoms with Crippen LogP contribution in [0.3, 0.4) is 0 Å². The molecule has 0 aliphatic heterocycles. The van der Waals surface area contributed by atoms with Crippen LogP contribution in [0.4, 0.5) is 5.69 Å². The maximum absolute atomic E-state index is 11.9. The van der Waals surface area contributed by atoms with Crippen molar-refractivity contribution in [3.05, 3.63) is 46.7 Å². The van der Waals surface area contributed by atoms with Gasteiger partial charge >= 0.3 is 0 Å². The molecule has 0 fully saturated rings. The van der Waals surface area contributed by atoms with E-state index < -0.39 is 6.04 Å². The van der Waals surface area contributed by atoms with Gasteiger partial charge in [0, 0.05) is 18.4 Å². The van der Waals surface area contributed by atoms with Crippen LogP contribution in [0.1, 0.15) is 19.4 Å². The second-order valence-electron chi connectivity index (χ2n) is 5.63. The van der Waals surface area contributed by atoms with Gasteiger partial charge in [0.05, 0.1) is 16.7 Å². The smallest absolute Gasteiger partial charge is 0.241 e. The first-order valence-corrected chi connectivity index (χ1v) is 8.08. The Bertz CT molecular complexity index is 621. The van der Waals surface area contributed by atoms with E-state index in [9.17, 15) is 4.79 Å². The Morgan fingerprint density at radius 1 is 1.36 bits per heavy atom. The molecule has 1 aromatic carbocycles. The molecule has 1 atom stereocenters. The third-order valence-corrected chi connectivity index (χ3v) is 3.88. The monoisotopic (exact) mass is 364 g/mol. The Morgan fingerprint density at radius 3 is 2.59 bits per heavy atom. The van der Waals surface area contributed by atoms with Gasteiger partial charge in [-0.15, -0.1) is 0 Å². The molecule has 2 aromatic rings. The first-order chi connectivity index (χ1) is 10.5. The van der Waals surface area contributed by atoms with E-state index in [-0.39, 0.29) is 11.8 Å². The van der Waals surface area contributed by atoms with Gasteiger partial charge in [-0.3, -0.25) is 9.48 Å². The summed E-state index contributed by atoms with van der Waals surface area (Å²) in [6, 6.07) is 7.33. The van der Waals surface area contributed by atoms with Crippen LogP contribution in [0.15, 0.2) is 41.1 Å². The number of anilines is 1. The number of amides is 1. The van der Waals surface area contributed by atoms with Crippen molar-refractivity contribution in [2.75, 3.05) is 5.32 Å². The highest BCUT2D eigenvalue weighted by molar-refractivity contribution is 9.10. The molecule has 3 N–H and O–H groups in total. The third-order valence-electron chi connectivity index (χ3n) is 3.47. The first kappa shape index (κ1) is 16.7. The molecule has 5 nitrogen and oxygen atoms in total. The number of nitrogens with two attached hydrogens (primary N) is 1. The maximum Gasteiger partial charge on any atom is 0.241 e. The molecule has 0 unspecified atom stereocenters. The highest BCUT2D eigenvalue weighted by Crippen LogP contribution is 2.13. The normalized spacial score (nSPS) is 12.4. The number of carbonyl (C=O) groups is 1. The van der Waals surface area contributed by atoms with Crippen molar-refractivity contribution in [2.45, 2.75) is 32.9 Å². The van der Waals surface area contributed by atoms with E-state index in [1.165, 1.54) is 5.56 Å². The molecule has 1 amide bonds. The average Bonchev–Trinajstić information content (AvgIpc) is 2.91. The molecule has 2 rings (SSSR count). The third kappa shape index (κ3) is 4.68. The lowest BCUT2D eigenvalue weighted by atomic mass is 10.0. The summed E-state index contributed by atoms with van der Waals surface area (Å²) in [6.45, 7) is 4.68. The van der Waals surface area contributed by atoms with Gasteiger partial charge in [-0.2, -0.15) is 5.10 Å². The summed E-state index contributed by atoms with van der Waals surface area (Å²) in [5.41, 5.74) is 7.79. The minimum absolute atomic E-state index is 0.118. The zero-order valence-electron chi connectivity index (χ0n) is 12.8. The molecule has 0 bridgehead atoms. The van der Waals surface area contributed by atoms with Crippen molar-refractivity contribution in [2.24, 2.45) is 11.7 Å². The SMILES string of the molecule is CC(C)[C@H](N)C(=O)Nc1ccc(CCn2cc(Br)cn2)cc1. The highest BCUT2D eigenvalue weighted by Gasteiger charge is 2.16. The molecule has 1 aromatic heterocycles. The van der Waals surface area contributed by atoms with Crippen LogP contribution in [-0.4, -0.2) is 21.7 Å². The van der Waals surface area contributed by atoms with Gasteiger partial charge in [-0.1, -0.05) is 26.0 Å². The summed E-state index contributed by atoms with van der Waals surface area (Å²) in [4.78, 5) is 11.9. The van der Waals surface area contributed by atoms with Crippen molar-refractivity contribution in [1.82, 2.24) is 9.78 Å². The number of benzene rings is 1. The second kappa shape index (κ2) is 7.56. The molecule has 0 radical (unpaired) electrons. The quantitative estimate of drug-likeness (QED) is 0.827. The molecule has 0 saturated heterocycles. The van der Waals surface area contributed by atoms with Gasteiger partial charge < -0.3 is 11.1 Å². The Balaban J connectivity index is 1.88. The number of rotatable bonds is 6. The lowest BCUT2D eigenvalue weighted by Gasteiger charge is -2.15. The van der Waals surface area contributed by atoms with Crippen molar-refractivity contribution in [3.63, 3.8) is 0 Å². The fraction of sp³-hybridized carbons (Fsp3) is 0.375. The lowest BCUT2D eigenvalue weighted by molar-refractivity contribution is -0.118.